The van der Waals surface area contributed by atoms with Crippen LogP contribution in [0.25, 0.3) is 0 Å². The molecular formula is C13H14N4O. The zero-order valence-corrected chi connectivity index (χ0v) is 10.1. The number of carbonyl (C=O) groups excluding carboxylic acids is 1. The largest absolute Gasteiger partial charge is 0.308 e. The molecule has 1 atom stereocenters. The molecule has 0 bridgehead atoms. The maximum absolute atomic E-state index is 12.3. The number of amides is 1. The van der Waals surface area contributed by atoms with Crippen LogP contribution in [0.3, 0.4) is 0 Å². The highest BCUT2D eigenvalue weighted by molar-refractivity contribution is 6.05. The molecule has 0 saturated carbocycles. The molecule has 92 valence electrons. The number of fused-ring (bicyclic) bond motifs is 1. The highest BCUT2D eigenvalue weighted by atomic mass is 16.2. The molecule has 0 radical (unpaired) electrons. The molecule has 2 aromatic rings. The van der Waals surface area contributed by atoms with Gasteiger partial charge in [0.15, 0.2) is 0 Å². The fourth-order valence-electron chi connectivity index (χ4n) is 2.18. The van der Waals surface area contributed by atoms with E-state index >= 15 is 0 Å². The second-order valence-corrected chi connectivity index (χ2v) is 4.48. The van der Waals surface area contributed by atoms with Gasteiger partial charge in [-0.15, -0.1) is 0 Å². The SMILES string of the molecule is Cc1ccc(N2C[C@H](N)n3nccc3C2=O)cc1. The Balaban J connectivity index is 2.01. The molecule has 5 nitrogen and oxygen atoms in total. The molecule has 1 aliphatic heterocycles. The van der Waals surface area contributed by atoms with Gasteiger partial charge in [-0.25, -0.2) is 4.68 Å². The molecule has 0 fully saturated rings. The van der Waals surface area contributed by atoms with Gasteiger partial charge in [-0.2, -0.15) is 5.10 Å². The van der Waals surface area contributed by atoms with Crippen LogP contribution in [0.15, 0.2) is 36.5 Å². The van der Waals surface area contributed by atoms with Crippen molar-refractivity contribution in [3.05, 3.63) is 47.8 Å². The molecule has 5 heteroatoms. The summed E-state index contributed by atoms with van der Waals surface area (Å²) in [7, 11) is 0. The van der Waals surface area contributed by atoms with Crippen LogP contribution < -0.4 is 10.6 Å². The summed E-state index contributed by atoms with van der Waals surface area (Å²) in [5.41, 5.74) is 8.59. The first-order chi connectivity index (χ1) is 8.66. The smallest absolute Gasteiger partial charge is 0.276 e. The van der Waals surface area contributed by atoms with Crippen LogP contribution in [0.1, 0.15) is 22.2 Å². The normalized spacial score (nSPS) is 18.9. The van der Waals surface area contributed by atoms with Crippen molar-refractivity contribution in [2.45, 2.75) is 13.1 Å². The van der Waals surface area contributed by atoms with Crippen molar-refractivity contribution in [2.75, 3.05) is 11.4 Å². The molecule has 1 aliphatic rings. The zero-order chi connectivity index (χ0) is 12.7. The summed E-state index contributed by atoms with van der Waals surface area (Å²) in [5.74, 6) is -0.0574. The van der Waals surface area contributed by atoms with Gasteiger partial charge in [0.1, 0.15) is 11.9 Å². The fourth-order valence-corrected chi connectivity index (χ4v) is 2.18. The van der Waals surface area contributed by atoms with Gasteiger partial charge in [0, 0.05) is 11.9 Å². The summed E-state index contributed by atoms with van der Waals surface area (Å²) < 4.78 is 1.58. The van der Waals surface area contributed by atoms with E-state index in [9.17, 15) is 4.79 Å². The summed E-state index contributed by atoms with van der Waals surface area (Å²) in [6.45, 7) is 2.46. The van der Waals surface area contributed by atoms with Crippen molar-refractivity contribution in [1.29, 1.82) is 0 Å². The third kappa shape index (κ3) is 1.60. The zero-order valence-electron chi connectivity index (χ0n) is 10.1. The van der Waals surface area contributed by atoms with Gasteiger partial charge in [0.25, 0.3) is 5.91 Å². The second kappa shape index (κ2) is 3.96. The van der Waals surface area contributed by atoms with E-state index in [-0.39, 0.29) is 12.1 Å². The lowest BCUT2D eigenvalue weighted by atomic mass is 10.2. The third-order valence-corrected chi connectivity index (χ3v) is 3.16. The van der Waals surface area contributed by atoms with Gasteiger partial charge in [-0.05, 0) is 25.1 Å². The Morgan fingerprint density at radius 3 is 2.72 bits per heavy atom. The number of rotatable bonds is 1. The Bertz CT molecular complexity index is 587. The van der Waals surface area contributed by atoms with E-state index < -0.39 is 0 Å². The fraction of sp³-hybridized carbons (Fsp3) is 0.231. The minimum atomic E-state index is -0.297. The summed E-state index contributed by atoms with van der Waals surface area (Å²) in [5, 5.41) is 4.07. The number of carbonyl (C=O) groups is 1. The minimum Gasteiger partial charge on any atom is -0.308 e. The molecule has 1 aromatic heterocycles. The van der Waals surface area contributed by atoms with E-state index in [1.165, 1.54) is 0 Å². The Hall–Kier alpha value is -2.14. The van der Waals surface area contributed by atoms with E-state index in [4.69, 9.17) is 5.73 Å². The van der Waals surface area contributed by atoms with Crippen molar-refractivity contribution in [1.82, 2.24) is 9.78 Å². The molecule has 1 amide bonds. The van der Waals surface area contributed by atoms with Crippen LogP contribution in [0, 0.1) is 6.92 Å². The summed E-state index contributed by atoms with van der Waals surface area (Å²) >= 11 is 0. The second-order valence-electron chi connectivity index (χ2n) is 4.48. The first kappa shape index (κ1) is 11.0. The lowest BCUT2D eigenvalue weighted by molar-refractivity contribution is 0.0951. The Morgan fingerprint density at radius 1 is 1.28 bits per heavy atom. The quantitative estimate of drug-likeness (QED) is 0.820. The molecule has 18 heavy (non-hydrogen) atoms. The third-order valence-electron chi connectivity index (χ3n) is 3.16. The Kier molecular flexibility index (Phi) is 2.41. The Labute approximate surface area is 105 Å². The number of benzene rings is 1. The number of anilines is 1. The monoisotopic (exact) mass is 242 g/mol. The molecule has 0 unspecified atom stereocenters. The van der Waals surface area contributed by atoms with Gasteiger partial charge < -0.3 is 10.6 Å². The van der Waals surface area contributed by atoms with Gasteiger partial charge in [0.05, 0.1) is 6.54 Å². The van der Waals surface area contributed by atoms with E-state index in [0.29, 0.717) is 12.2 Å². The van der Waals surface area contributed by atoms with Gasteiger partial charge in [0.2, 0.25) is 0 Å². The van der Waals surface area contributed by atoms with Crippen LogP contribution >= 0.6 is 0 Å². The van der Waals surface area contributed by atoms with Crippen molar-refractivity contribution >= 4 is 11.6 Å². The van der Waals surface area contributed by atoms with E-state index in [1.807, 2.05) is 31.2 Å². The highest BCUT2D eigenvalue weighted by Crippen LogP contribution is 2.23. The maximum Gasteiger partial charge on any atom is 0.276 e. The van der Waals surface area contributed by atoms with Crippen molar-refractivity contribution in [2.24, 2.45) is 5.73 Å². The summed E-state index contributed by atoms with van der Waals surface area (Å²) in [6, 6.07) is 9.54. The van der Waals surface area contributed by atoms with Crippen molar-refractivity contribution in [3.63, 3.8) is 0 Å². The predicted molar refractivity (Wildman–Crippen MR) is 68.3 cm³/mol. The molecular weight excluding hydrogens is 228 g/mol. The first-order valence-corrected chi connectivity index (χ1v) is 5.84. The number of hydrogen-bond acceptors (Lipinski definition) is 3. The standard InChI is InChI=1S/C13H14N4O/c1-9-2-4-10(5-3-9)16-8-12(14)17-11(13(16)18)6-7-15-17/h2-7,12H,8,14H2,1H3/t12-/m1/s1. The summed E-state index contributed by atoms with van der Waals surface area (Å²) in [6.07, 6.45) is 1.31. The summed E-state index contributed by atoms with van der Waals surface area (Å²) in [4.78, 5) is 14.0. The van der Waals surface area contributed by atoms with Crippen LogP contribution in [-0.4, -0.2) is 22.2 Å². The molecule has 0 saturated heterocycles. The number of aryl methyl sites for hydroxylation is 1. The lowest BCUT2D eigenvalue weighted by Gasteiger charge is -2.31. The Morgan fingerprint density at radius 2 is 2.00 bits per heavy atom. The minimum absolute atomic E-state index is 0.0574. The predicted octanol–water partition coefficient (Wildman–Crippen LogP) is 1.31. The van der Waals surface area contributed by atoms with Crippen molar-refractivity contribution < 1.29 is 4.79 Å². The molecule has 0 spiro atoms. The average molecular weight is 242 g/mol. The number of nitrogens with two attached hydrogens (primary N) is 1. The van der Waals surface area contributed by atoms with Crippen LogP contribution in [0.5, 0.6) is 0 Å². The number of hydrogen-bond donors (Lipinski definition) is 1. The van der Waals surface area contributed by atoms with Crippen LogP contribution in [0.4, 0.5) is 5.69 Å². The number of nitrogens with zero attached hydrogens (tertiary/aromatic N) is 3. The lowest BCUT2D eigenvalue weighted by Crippen LogP contribution is -2.46. The first-order valence-electron chi connectivity index (χ1n) is 5.84. The molecule has 3 rings (SSSR count). The van der Waals surface area contributed by atoms with Gasteiger partial charge in [-0.3, -0.25) is 4.79 Å². The van der Waals surface area contributed by atoms with Crippen molar-refractivity contribution in [3.8, 4) is 0 Å². The maximum atomic E-state index is 12.3. The van der Waals surface area contributed by atoms with E-state index in [1.54, 1.807) is 21.8 Å². The molecule has 0 aliphatic carbocycles. The molecule has 1 aromatic carbocycles. The van der Waals surface area contributed by atoms with E-state index in [2.05, 4.69) is 5.10 Å². The highest BCUT2D eigenvalue weighted by Gasteiger charge is 2.30. The van der Waals surface area contributed by atoms with Crippen LogP contribution in [-0.2, 0) is 0 Å². The molecule has 2 heterocycles. The molecule has 2 N–H and O–H groups in total. The van der Waals surface area contributed by atoms with Gasteiger partial charge in [-0.1, -0.05) is 17.7 Å². The average Bonchev–Trinajstić information content (AvgIpc) is 2.85. The number of aromatic nitrogens is 2. The van der Waals surface area contributed by atoms with Crippen LogP contribution in [0.2, 0.25) is 0 Å². The van der Waals surface area contributed by atoms with E-state index in [0.717, 1.165) is 11.3 Å². The van der Waals surface area contributed by atoms with Gasteiger partial charge >= 0.3 is 0 Å². The topological polar surface area (TPSA) is 64.2 Å².